The third-order valence-electron chi connectivity index (χ3n) is 1.83. The molecular weight excluding hydrogens is 334 g/mol. The van der Waals surface area contributed by atoms with Crippen molar-refractivity contribution in [2.75, 3.05) is 5.32 Å². The number of ether oxygens (including phenoxy) is 1. The highest BCUT2D eigenvalue weighted by Crippen LogP contribution is 2.19. The first kappa shape index (κ1) is 15.8. The number of halogens is 1. The Labute approximate surface area is 125 Å². The summed E-state index contributed by atoms with van der Waals surface area (Å²) in [5, 5.41) is 2.45. The normalized spacial score (nSPS) is 10.8. The standard InChI is InChI=1S/C11H14BrN3O3S/c1-11(2,3)18-10(17)14-8-4-6(9(16)15-19)7(12)5-13-8/h4-5,19H,1-3H3,(H,15,16)(H,13,14,17). The first-order valence-electron chi connectivity index (χ1n) is 5.33. The van der Waals surface area contributed by atoms with E-state index in [1.54, 1.807) is 20.8 Å². The van der Waals surface area contributed by atoms with Crippen molar-refractivity contribution < 1.29 is 14.3 Å². The zero-order chi connectivity index (χ0) is 14.6. The van der Waals surface area contributed by atoms with Crippen LogP contribution in [0.5, 0.6) is 0 Å². The van der Waals surface area contributed by atoms with Gasteiger partial charge in [-0.3, -0.25) is 14.8 Å². The van der Waals surface area contributed by atoms with E-state index < -0.39 is 17.6 Å². The lowest BCUT2D eigenvalue weighted by molar-refractivity contribution is 0.0635. The van der Waals surface area contributed by atoms with E-state index in [-0.39, 0.29) is 5.82 Å². The average molecular weight is 348 g/mol. The van der Waals surface area contributed by atoms with E-state index in [0.29, 0.717) is 10.0 Å². The monoisotopic (exact) mass is 347 g/mol. The third kappa shape index (κ3) is 5.07. The lowest BCUT2D eigenvalue weighted by atomic mass is 10.2. The number of rotatable bonds is 2. The SMILES string of the molecule is CC(C)(C)OC(=O)Nc1cc(C(=O)NS)c(Br)cn1. The molecule has 0 unspecified atom stereocenters. The minimum Gasteiger partial charge on any atom is -0.444 e. The Morgan fingerprint density at radius 1 is 1.42 bits per heavy atom. The summed E-state index contributed by atoms with van der Waals surface area (Å²) < 4.78 is 7.77. The topological polar surface area (TPSA) is 80.3 Å². The van der Waals surface area contributed by atoms with Crippen molar-refractivity contribution in [1.82, 2.24) is 9.71 Å². The first-order valence-corrected chi connectivity index (χ1v) is 6.57. The van der Waals surface area contributed by atoms with Crippen LogP contribution in [-0.2, 0) is 4.74 Å². The molecule has 6 nitrogen and oxygen atoms in total. The summed E-state index contributed by atoms with van der Waals surface area (Å²) in [7, 11) is 0. The predicted molar refractivity (Wildman–Crippen MR) is 78.2 cm³/mol. The number of pyridine rings is 1. The minimum absolute atomic E-state index is 0.212. The van der Waals surface area contributed by atoms with Gasteiger partial charge in [0.15, 0.2) is 0 Å². The van der Waals surface area contributed by atoms with Crippen molar-refractivity contribution in [1.29, 1.82) is 0 Å². The highest BCUT2D eigenvalue weighted by atomic mass is 79.9. The molecule has 1 rings (SSSR count). The van der Waals surface area contributed by atoms with E-state index in [0.717, 1.165) is 0 Å². The number of amides is 2. The zero-order valence-corrected chi connectivity index (χ0v) is 13.1. The van der Waals surface area contributed by atoms with Gasteiger partial charge in [0.25, 0.3) is 5.91 Å². The molecule has 1 aromatic rings. The molecule has 0 atom stereocenters. The van der Waals surface area contributed by atoms with Gasteiger partial charge in [0, 0.05) is 10.7 Å². The third-order valence-corrected chi connectivity index (χ3v) is 2.67. The Morgan fingerprint density at radius 3 is 2.58 bits per heavy atom. The number of nitrogens with zero attached hydrogens (tertiary/aromatic N) is 1. The van der Waals surface area contributed by atoms with Crippen LogP contribution in [0.15, 0.2) is 16.7 Å². The second kappa shape index (κ2) is 6.25. The molecule has 0 spiro atoms. The van der Waals surface area contributed by atoms with Gasteiger partial charge >= 0.3 is 6.09 Å². The number of aromatic nitrogens is 1. The van der Waals surface area contributed by atoms with Gasteiger partial charge in [0.2, 0.25) is 0 Å². The molecule has 0 saturated carbocycles. The first-order chi connectivity index (χ1) is 8.73. The molecule has 0 bridgehead atoms. The molecule has 0 radical (unpaired) electrons. The molecule has 0 aromatic carbocycles. The predicted octanol–water partition coefficient (Wildman–Crippen LogP) is 2.77. The van der Waals surface area contributed by atoms with E-state index >= 15 is 0 Å². The Balaban J connectivity index is 2.86. The Kier molecular flexibility index (Phi) is 5.19. The molecule has 0 fully saturated rings. The minimum atomic E-state index is -0.639. The summed E-state index contributed by atoms with van der Waals surface area (Å²) in [5.74, 6) is -0.200. The summed E-state index contributed by atoms with van der Waals surface area (Å²) in [6, 6.07) is 1.42. The smallest absolute Gasteiger partial charge is 0.413 e. The fourth-order valence-corrected chi connectivity index (χ4v) is 1.67. The highest BCUT2D eigenvalue weighted by molar-refractivity contribution is 9.10. The molecular formula is C11H14BrN3O3S. The lowest BCUT2D eigenvalue weighted by Gasteiger charge is -2.19. The van der Waals surface area contributed by atoms with Crippen LogP contribution >= 0.6 is 28.7 Å². The van der Waals surface area contributed by atoms with Crippen LogP contribution in [0.4, 0.5) is 10.6 Å². The second-order valence-electron chi connectivity index (χ2n) is 4.62. The highest BCUT2D eigenvalue weighted by Gasteiger charge is 2.17. The van der Waals surface area contributed by atoms with Crippen LogP contribution in [0.1, 0.15) is 31.1 Å². The number of anilines is 1. The van der Waals surface area contributed by atoms with Gasteiger partial charge in [-0.15, -0.1) is 0 Å². The number of carbonyl (C=O) groups excluding carboxylic acids is 2. The van der Waals surface area contributed by atoms with E-state index in [1.165, 1.54) is 12.3 Å². The van der Waals surface area contributed by atoms with E-state index in [2.05, 4.69) is 43.8 Å². The van der Waals surface area contributed by atoms with Crippen LogP contribution in [0.25, 0.3) is 0 Å². The van der Waals surface area contributed by atoms with E-state index in [1.807, 2.05) is 0 Å². The maximum Gasteiger partial charge on any atom is 0.413 e. The quantitative estimate of drug-likeness (QED) is 0.718. The second-order valence-corrected chi connectivity index (χ2v) is 5.70. The summed E-state index contributed by atoms with van der Waals surface area (Å²) >= 11 is 6.87. The molecule has 0 saturated heterocycles. The fraction of sp³-hybridized carbons (Fsp3) is 0.364. The summed E-state index contributed by atoms with van der Waals surface area (Å²) in [6.07, 6.45) is 0.768. The number of carbonyl (C=O) groups is 2. The average Bonchev–Trinajstić information content (AvgIpc) is 2.28. The van der Waals surface area contributed by atoms with Crippen molar-refractivity contribution in [2.24, 2.45) is 0 Å². The number of nitrogens with one attached hydrogen (secondary N) is 2. The molecule has 2 N–H and O–H groups in total. The van der Waals surface area contributed by atoms with Crippen molar-refractivity contribution in [3.63, 3.8) is 0 Å². The molecule has 0 aliphatic rings. The molecule has 0 aliphatic heterocycles. The van der Waals surface area contributed by atoms with Gasteiger partial charge in [0.05, 0.1) is 5.56 Å². The number of thiol groups is 1. The Morgan fingerprint density at radius 2 is 2.05 bits per heavy atom. The molecule has 1 heterocycles. The zero-order valence-electron chi connectivity index (χ0n) is 10.7. The van der Waals surface area contributed by atoms with Crippen molar-refractivity contribution >= 4 is 46.6 Å². The maximum absolute atomic E-state index is 11.6. The summed E-state index contributed by atoms with van der Waals surface area (Å²) in [5.41, 5.74) is -0.304. The van der Waals surface area contributed by atoms with Crippen molar-refractivity contribution in [2.45, 2.75) is 26.4 Å². The van der Waals surface area contributed by atoms with E-state index in [4.69, 9.17) is 4.74 Å². The Bertz CT molecular complexity index is 502. The number of hydrogen-bond acceptors (Lipinski definition) is 5. The van der Waals surface area contributed by atoms with Crippen molar-refractivity contribution in [3.8, 4) is 0 Å². The summed E-state index contributed by atoms with van der Waals surface area (Å²) in [6.45, 7) is 5.25. The van der Waals surface area contributed by atoms with Crippen LogP contribution in [0, 0.1) is 0 Å². The van der Waals surface area contributed by atoms with Crippen LogP contribution in [-0.4, -0.2) is 22.6 Å². The molecule has 1 aromatic heterocycles. The largest absolute Gasteiger partial charge is 0.444 e. The molecule has 19 heavy (non-hydrogen) atoms. The fourth-order valence-electron chi connectivity index (χ4n) is 1.15. The van der Waals surface area contributed by atoms with E-state index in [9.17, 15) is 9.59 Å². The molecule has 8 heteroatoms. The van der Waals surface area contributed by atoms with Crippen LogP contribution in [0.2, 0.25) is 0 Å². The van der Waals surface area contributed by atoms with Crippen molar-refractivity contribution in [3.05, 3.63) is 22.3 Å². The van der Waals surface area contributed by atoms with Gasteiger partial charge in [-0.25, -0.2) is 9.78 Å². The molecule has 2 amide bonds. The van der Waals surface area contributed by atoms with Gasteiger partial charge in [-0.2, -0.15) is 0 Å². The van der Waals surface area contributed by atoms with Crippen LogP contribution in [0.3, 0.4) is 0 Å². The lowest BCUT2D eigenvalue weighted by Crippen LogP contribution is -2.27. The molecule has 104 valence electrons. The van der Waals surface area contributed by atoms with Gasteiger partial charge in [0.1, 0.15) is 11.4 Å². The van der Waals surface area contributed by atoms with Gasteiger partial charge in [-0.1, -0.05) is 12.8 Å². The molecule has 0 aliphatic carbocycles. The maximum atomic E-state index is 11.6. The number of hydrogen-bond donors (Lipinski definition) is 3. The van der Waals surface area contributed by atoms with Gasteiger partial charge in [-0.05, 0) is 42.8 Å². The Hall–Kier alpha value is -1.28. The van der Waals surface area contributed by atoms with Gasteiger partial charge < -0.3 is 4.74 Å². The van der Waals surface area contributed by atoms with Crippen LogP contribution < -0.4 is 10.0 Å². The summed E-state index contributed by atoms with van der Waals surface area (Å²) in [4.78, 5) is 27.0.